The molecule has 4 heteroatoms. The maximum atomic E-state index is 7.34. The Kier molecular flexibility index (Phi) is 8.78. The van der Waals surface area contributed by atoms with Gasteiger partial charge in [-0.2, -0.15) is 0 Å². The second kappa shape index (κ2) is 10.2. The molecule has 34 heavy (non-hydrogen) atoms. The first kappa shape index (κ1) is 29.3. The summed E-state index contributed by atoms with van der Waals surface area (Å²) >= 11 is 0. The van der Waals surface area contributed by atoms with Crippen LogP contribution in [0.5, 0.6) is 0 Å². The Hall–Kier alpha value is -0.946. The Labute approximate surface area is 213 Å². The SMILES string of the molecule is CC(C)[Si](OC/C=C\C1=C[Si](C(C)(C)C)(C(C)(C)C)OC1(C)c1ccccc1)(C(C)C)C(C)C. The van der Waals surface area contributed by atoms with Crippen molar-refractivity contribution in [3.8, 4) is 0 Å². The summed E-state index contributed by atoms with van der Waals surface area (Å²) in [6.45, 7) is 31.2. The van der Waals surface area contributed by atoms with Crippen LogP contribution >= 0.6 is 0 Å². The Morgan fingerprint density at radius 3 is 1.76 bits per heavy atom. The van der Waals surface area contributed by atoms with Crippen molar-refractivity contribution in [1.29, 1.82) is 0 Å². The first-order valence-corrected chi connectivity index (χ1v) is 17.4. The third-order valence-corrected chi connectivity index (χ3v) is 20.2. The molecule has 0 aliphatic carbocycles. The highest BCUT2D eigenvalue weighted by Gasteiger charge is 2.61. The molecule has 1 aliphatic rings. The standard InChI is InChI=1S/C30H52O2Si2/c1-23(2)34(24(3)4,25(5)6)31-21-17-20-27-22-33(28(7,8)9,29(10,11)12)32-30(27,13)26-18-15-14-16-19-26/h14-20,22-25H,21H2,1-13H3/b20-17-. The fourth-order valence-electron chi connectivity index (χ4n) is 6.69. The fourth-order valence-corrected chi connectivity index (χ4v) is 17.5. The second-order valence-electron chi connectivity index (χ2n) is 13.4. The predicted octanol–water partition coefficient (Wildman–Crippen LogP) is 9.69. The lowest BCUT2D eigenvalue weighted by molar-refractivity contribution is 0.116. The third-order valence-electron chi connectivity index (χ3n) is 8.26. The molecule has 1 aromatic rings. The minimum absolute atomic E-state index is 0.0718. The van der Waals surface area contributed by atoms with Crippen molar-refractivity contribution in [2.45, 2.75) is 122 Å². The first-order valence-electron chi connectivity index (χ1n) is 13.2. The van der Waals surface area contributed by atoms with E-state index in [1.54, 1.807) is 0 Å². The molecule has 0 radical (unpaired) electrons. The van der Waals surface area contributed by atoms with Gasteiger partial charge in [-0.3, -0.25) is 0 Å². The van der Waals surface area contributed by atoms with E-state index in [-0.39, 0.29) is 10.1 Å². The van der Waals surface area contributed by atoms with Gasteiger partial charge in [0.25, 0.3) is 0 Å². The monoisotopic (exact) mass is 500 g/mol. The van der Waals surface area contributed by atoms with Gasteiger partial charge in [-0.25, -0.2) is 0 Å². The molecule has 1 heterocycles. The Bertz CT molecular complexity index is 834. The van der Waals surface area contributed by atoms with Gasteiger partial charge in [-0.1, -0.05) is 131 Å². The van der Waals surface area contributed by atoms with Crippen molar-refractivity contribution in [3.63, 3.8) is 0 Å². The van der Waals surface area contributed by atoms with Gasteiger partial charge in [-0.05, 0) is 44.8 Å². The van der Waals surface area contributed by atoms with Gasteiger partial charge < -0.3 is 8.85 Å². The van der Waals surface area contributed by atoms with Crippen molar-refractivity contribution in [2.75, 3.05) is 6.61 Å². The summed E-state index contributed by atoms with van der Waals surface area (Å²) in [5, 5.41) is 0.144. The molecule has 192 valence electrons. The fraction of sp³-hybridized carbons (Fsp3) is 0.667. The largest absolute Gasteiger partial charge is 0.412 e. The quantitative estimate of drug-likeness (QED) is 0.331. The molecule has 0 amide bonds. The van der Waals surface area contributed by atoms with Crippen LogP contribution in [0.3, 0.4) is 0 Å². The van der Waals surface area contributed by atoms with Crippen LogP contribution in [0.15, 0.2) is 53.8 Å². The van der Waals surface area contributed by atoms with Crippen molar-refractivity contribution in [2.24, 2.45) is 0 Å². The van der Waals surface area contributed by atoms with E-state index in [0.717, 1.165) is 0 Å². The van der Waals surface area contributed by atoms with Gasteiger partial charge >= 0.3 is 0 Å². The number of hydrogen-bond acceptors (Lipinski definition) is 2. The normalized spacial score (nSPS) is 21.8. The summed E-state index contributed by atoms with van der Waals surface area (Å²) in [4.78, 5) is 0. The van der Waals surface area contributed by atoms with E-state index in [2.05, 4.69) is 138 Å². The molecule has 0 fully saturated rings. The van der Waals surface area contributed by atoms with Crippen LogP contribution in [0.2, 0.25) is 26.7 Å². The van der Waals surface area contributed by atoms with E-state index in [4.69, 9.17) is 8.85 Å². The molecular formula is C30H52O2Si2. The minimum Gasteiger partial charge on any atom is -0.412 e. The Morgan fingerprint density at radius 2 is 1.35 bits per heavy atom. The maximum absolute atomic E-state index is 7.34. The Morgan fingerprint density at radius 1 is 0.882 bits per heavy atom. The molecular weight excluding hydrogens is 449 g/mol. The summed E-state index contributed by atoms with van der Waals surface area (Å²) in [7, 11) is -4.20. The maximum Gasteiger partial charge on any atom is 0.229 e. The van der Waals surface area contributed by atoms with Crippen molar-refractivity contribution in [3.05, 3.63) is 59.3 Å². The van der Waals surface area contributed by atoms with E-state index < -0.39 is 22.2 Å². The molecule has 0 spiro atoms. The van der Waals surface area contributed by atoms with E-state index in [1.807, 2.05) is 0 Å². The van der Waals surface area contributed by atoms with Crippen LogP contribution in [0.25, 0.3) is 0 Å². The molecule has 1 aromatic carbocycles. The smallest absolute Gasteiger partial charge is 0.229 e. The lowest BCUT2D eigenvalue weighted by Gasteiger charge is -2.49. The molecule has 0 aromatic heterocycles. The van der Waals surface area contributed by atoms with E-state index >= 15 is 0 Å². The van der Waals surface area contributed by atoms with Crippen molar-refractivity contribution < 1.29 is 8.85 Å². The highest BCUT2D eigenvalue weighted by atomic mass is 28.4. The second-order valence-corrected chi connectivity index (χ2v) is 23.8. The van der Waals surface area contributed by atoms with Gasteiger partial charge in [0, 0.05) is 0 Å². The number of benzene rings is 1. The van der Waals surface area contributed by atoms with Gasteiger partial charge in [0.05, 0.1) is 6.61 Å². The minimum atomic E-state index is -2.31. The molecule has 1 aliphatic heterocycles. The topological polar surface area (TPSA) is 18.5 Å². The summed E-state index contributed by atoms with van der Waals surface area (Å²) in [6.07, 6.45) is 4.56. The van der Waals surface area contributed by atoms with E-state index in [9.17, 15) is 0 Å². The molecule has 0 bridgehead atoms. The van der Waals surface area contributed by atoms with E-state index in [1.165, 1.54) is 11.1 Å². The zero-order valence-corrected chi connectivity index (χ0v) is 26.4. The molecule has 2 nitrogen and oxygen atoms in total. The molecule has 0 N–H and O–H groups in total. The molecule has 1 atom stereocenters. The summed E-state index contributed by atoms with van der Waals surface area (Å²) in [6, 6.07) is 10.8. The lowest BCUT2D eigenvalue weighted by Crippen LogP contribution is -2.53. The highest BCUT2D eigenvalue weighted by molar-refractivity contribution is 6.85. The average Bonchev–Trinajstić information content (AvgIpc) is 3.03. The zero-order chi connectivity index (χ0) is 26.2. The van der Waals surface area contributed by atoms with Crippen LogP contribution in [-0.2, 0) is 14.5 Å². The van der Waals surface area contributed by atoms with Crippen molar-refractivity contribution >= 4 is 16.6 Å². The van der Waals surface area contributed by atoms with Gasteiger partial charge in [0.1, 0.15) is 5.60 Å². The van der Waals surface area contributed by atoms with Crippen molar-refractivity contribution in [1.82, 2.24) is 0 Å². The first-order chi connectivity index (χ1) is 15.5. The van der Waals surface area contributed by atoms with Gasteiger partial charge in [0.2, 0.25) is 16.6 Å². The van der Waals surface area contributed by atoms with Crippen LogP contribution in [0.4, 0.5) is 0 Å². The van der Waals surface area contributed by atoms with Gasteiger partial charge in [0.15, 0.2) is 0 Å². The molecule has 1 unspecified atom stereocenters. The summed E-state index contributed by atoms with van der Waals surface area (Å²) in [5.74, 6) is 0. The third kappa shape index (κ3) is 5.11. The van der Waals surface area contributed by atoms with Crippen LogP contribution < -0.4 is 0 Å². The summed E-state index contributed by atoms with van der Waals surface area (Å²) in [5.41, 5.74) is 6.38. The van der Waals surface area contributed by atoms with Crippen LogP contribution in [-0.4, -0.2) is 23.2 Å². The van der Waals surface area contributed by atoms with Crippen LogP contribution in [0.1, 0.15) is 95.6 Å². The molecule has 0 saturated heterocycles. The molecule has 2 rings (SSSR count). The van der Waals surface area contributed by atoms with Crippen LogP contribution in [0, 0.1) is 0 Å². The number of hydrogen-bond donors (Lipinski definition) is 0. The Balaban J connectivity index is 2.51. The average molecular weight is 501 g/mol. The predicted molar refractivity (Wildman–Crippen MR) is 154 cm³/mol. The van der Waals surface area contributed by atoms with Gasteiger partial charge in [-0.15, -0.1) is 0 Å². The zero-order valence-electron chi connectivity index (χ0n) is 24.4. The van der Waals surface area contributed by atoms with E-state index in [0.29, 0.717) is 23.2 Å². The number of rotatable bonds is 8. The summed E-state index contributed by atoms with van der Waals surface area (Å²) < 4.78 is 14.2. The molecule has 0 saturated carbocycles. The highest BCUT2D eigenvalue weighted by Crippen LogP contribution is 2.60. The lowest BCUT2D eigenvalue weighted by atomic mass is 9.88.